The number of nitrogens with zero attached hydrogens (tertiary/aromatic N) is 3. The van der Waals surface area contributed by atoms with Gasteiger partial charge in [-0.15, -0.1) is 0 Å². The zero-order valence-corrected chi connectivity index (χ0v) is 9.61. The van der Waals surface area contributed by atoms with Gasteiger partial charge in [0.15, 0.2) is 0 Å². The van der Waals surface area contributed by atoms with E-state index in [1.165, 1.54) is 0 Å². The summed E-state index contributed by atoms with van der Waals surface area (Å²) in [6.07, 6.45) is 2.43. The molecule has 84 valence electrons. The van der Waals surface area contributed by atoms with Crippen LogP contribution >= 0.6 is 11.8 Å². The van der Waals surface area contributed by atoms with Gasteiger partial charge in [0, 0.05) is 31.0 Å². The Hall–Kier alpha value is -0.590. The number of thioether (sulfide) groups is 1. The van der Waals surface area contributed by atoms with E-state index in [9.17, 15) is 0 Å². The van der Waals surface area contributed by atoms with Crippen LogP contribution in [-0.4, -0.2) is 45.0 Å². The van der Waals surface area contributed by atoms with Gasteiger partial charge in [0.25, 0.3) is 0 Å². The van der Waals surface area contributed by atoms with E-state index >= 15 is 0 Å². The zero-order chi connectivity index (χ0) is 10.7. The summed E-state index contributed by atoms with van der Waals surface area (Å²) in [5.41, 5.74) is 6.09. The third-order valence-electron chi connectivity index (χ3n) is 2.54. The number of hydrogen-bond acceptors (Lipinski definition) is 5. The van der Waals surface area contributed by atoms with Gasteiger partial charge in [-0.3, -0.25) is 4.68 Å². The maximum absolute atomic E-state index is 6.09. The number of aromatic nitrogens is 3. The van der Waals surface area contributed by atoms with Crippen molar-refractivity contribution in [2.24, 2.45) is 12.8 Å². The summed E-state index contributed by atoms with van der Waals surface area (Å²) in [4.78, 5) is 4.16. The standard InChI is InChI=1S/C9H16N4OS/c1-13-9(11-6-12-13)4-7(10)8-5-15-3-2-14-8/h6-8H,2-5,10H2,1H3. The molecule has 0 saturated carbocycles. The molecule has 1 fully saturated rings. The van der Waals surface area contributed by atoms with Gasteiger partial charge in [-0.1, -0.05) is 0 Å². The molecule has 1 aliphatic rings. The Morgan fingerprint density at radius 3 is 3.27 bits per heavy atom. The van der Waals surface area contributed by atoms with Crippen molar-refractivity contribution in [3.05, 3.63) is 12.2 Å². The van der Waals surface area contributed by atoms with Crippen LogP contribution in [0.25, 0.3) is 0 Å². The Balaban J connectivity index is 1.91. The van der Waals surface area contributed by atoms with Gasteiger partial charge in [0.2, 0.25) is 0 Å². The van der Waals surface area contributed by atoms with Crippen molar-refractivity contribution in [2.75, 3.05) is 18.1 Å². The molecule has 1 aromatic rings. The molecule has 2 heterocycles. The van der Waals surface area contributed by atoms with Gasteiger partial charge in [-0.25, -0.2) is 4.98 Å². The van der Waals surface area contributed by atoms with Crippen molar-refractivity contribution in [3.8, 4) is 0 Å². The first-order chi connectivity index (χ1) is 7.27. The van der Waals surface area contributed by atoms with Crippen LogP contribution in [0.4, 0.5) is 0 Å². The maximum atomic E-state index is 6.09. The average molecular weight is 228 g/mol. The van der Waals surface area contributed by atoms with Crippen molar-refractivity contribution in [1.29, 1.82) is 0 Å². The summed E-state index contributed by atoms with van der Waals surface area (Å²) >= 11 is 1.90. The molecular formula is C9H16N4OS. The van der Waals surface area contributed by atoms with Gasteiger partial charge >= 0.3 is 0 Å². The summed E-state index contributed by atoms with van der Waals surface area (Å²) in [7, 11) is 1.88. The van der Waals surface area contributed by atoms with Crippen LogP contribution in [0.5, 0.6) is 0 Å². The van der Waals surface area contributed by atoms with Crippen LogP contribution in [0.15, 0.2) is 6.33 Å². The highest BCUT2D eigenvalue weighted by Crippen LogP contribution is 2.16. The lowest BCUT2D eigenvalue weighted by Crippen LogP contribution is -2.43. The Labute approximate surface area is 93.4 Å². The Morgan fingerprint density at radius 1 is 1.80 bits per heavy atom. The molecule has 1 aromatic heterocycles. The van der Waals surface area contributed by atoms with Crippen molar-refractivity contribution >= 4 is 11.8 Å². The third kappa shape index (κ3) is 2.70. The smallest absolute Gasteiger partial charge is 0.138 e. The highest BCUT2D eigenvalue weighted by atomic mass is 32.2. The molecule has 0 spiro atoms. The minimum Gasteiger partial charge on any atom is -0.375 e. The van der Waals surface area contributed by atoms with Crippen LogP contribution in [0.2, 0.25) is 0 Å². The molecule has 0 amide bonds. The molecule has 0 bridgehead atoms. The molecule has 15 heavy (non-hydrogen) atoms. The molecule has 2 rings (SSSR count). The quantitative estimate of drug-likeness (QED) is 0.777. The summed E-state index contributed by atoms with van der Waals surface area (Å²) in [5, 5.41) is 4.02. The number of rotatable bonds is 3. The summed E-state index contributed by atoms with van der Waals surface area (Å²) in [6.45, 7) is 0.807. The SMILES string of the molecule is Cn1ncnc1CC(N)C1CSCCO1. The topological polar surface area (TPSA) is 66.0 Å². The molecule has 1 saturated heterocycles. The first-order valence-corrected chi connectivity index (χ1v) is 6.20. The summed E-state index contributed by atoms with van der Waals surface area (Å²) < 4.78 is 7.38. The van der Waals surface area contributed by atoms with Crippen LogP contribution in [0.3, 0.4) is 0 Å². The molecule has 1 aliphatic heterocycles. The van der Waals surface area contributed by atoms with Crippen molar-refractivity contribution in [2.45, 2.75) is 18.6 Å². The van der Waals surface area contributed by atoms with Crippen LogP contribution in [0, 0.1) is 0 Å². The second-order valence-corrected chi connectivity index (χ2v) is 4.80. The van der Waals surface area contributed by atoms with Crippen LogP contribution < -0.4 is 5.73 Å². The molecule has 6 heteroatoms. The molecule has 0 radical (unpaired) electrons. The highest BCUT2D eigenvalue weighted by molar-refractivity contribution is 7.99. The minimum absolute atomic E-state index is 0.0145. The van der Waals surface area contributed by atoms with Crippen LogP contribution in [-0.2, 0) is 18.2 Å². The molecular weight excluding hydrogens is 212 g/mol. The summed E-state index contributed by atoms with van der Waals surface area (Å²) in [6, 6.07) is 0.0145. The third-order valence-corrected chi connectivity index (χ3v) is 3.56. The fourth-order valence-electron chi connectivity index (χ4n) is 1.60. The number of nitrogens with two attached hydrogens (primary N) is 1. The summed E-state index contributed by atoms with van der Waals surface area (Å²) in [5.74, 6) is 2.98. The molecule has 5 nitrogen and oxygen atoms in total. The van der Waals surface area contributed by atoms with E-state index in [1.54, 1.807) is 11.0 Å². The van der Waals surface area contributed by atoms with E-state index in [0.717, 1.165) is 30.4 Å². The molecule has 0 aliphatic carbocycles. The van der Waals surface area contributed by atoms with Gasteiger partial charge in [-0.2, -0.15) is 16.9 Å². The van der Waals surface area contributed by atoms with E-state index in [2.05, 4.69) is 10.1 Å². The van der Waals surface area contributed by atoms with E-state index in [1.807, 2.05) is 18.8 Å². The van der Waals surface area contributed by atoms with Crippen LogP contribution in [0.1, 0.15) is 5.82 Å². The number of aryl methyl sites for hydroxylation is 1. The van der Waals surface area contributed by atoms with E-state index in [-0.39, 0.29) is 12.1 Å². The van der Waals surface area contributed by atoms with E-state index < -0.39 is 0 Å². The predicted octanol–water partition coefficient (Wildman–Crippen LogP) is -0.183. The molecule has 0 aromatic carbocycles. The predicted molar refractivity (Wildman–Crippen MR) is 59.7 cm³/mol. The fraction of sp³-hybridized carbons (Fsp3) is 0.778. The normalized spacial score (nSPS) is 24.0. The largest absolute Gasteiger partial charge is 0.375 e. The first kappa shape index (κ1) is 10.9. The molecule has 2 N–H and O–H groups in total. The highest BCUT2D eigenvalue weighted by Gasteiger charge is 2.23. The Kier molecular flexibility index (Phi) is 3.61. The van der Waals surface area contributed by atoms with Gasteiger partial charge in [0.05, 0.1) is 12.7 Å². The Morgan fingerprint density at radius 2 is 2.67 bits per heavy atom. The average Bonchev–Trinajstić information content (AvgIpc) is 2.66. The van der Waals surface area contributed by atoms with Gasteiger partial charge in [-0.05, 0) is 0 Å². The lowest BCUT2D eigenvalue weighted by molar-refractivity contribution is 0.0565. The maximum Gasteiger partial charge on any atom is 0.138 e. The second-order valence-electron chi connectivity index (χ2n) is 3.65. The zero-order valence-electron chi connectivity index (χ0n) is 8.80. The fourth-order valence-corrected chi connectivity index (χ4v) is 2.56. The minimum atomic E-state index is 0.0145. The van der Waals surface area contributed by atoms with Gasteiger partial charge in [0.1, 0.15) is 12.2 Å². The van der Waals surface area contributed by atoms with Gasteiger partial charge < -0.3 is 10.5 Å². The second kappa shape index (κ2) is 4.96. The lowest BCUT2D eigenvalue weighted by Gasteiger charge is -2.27. The van der Waals surface area contributed by atoms with E-state index in [0.29, 0.717) is 0 Å². The van der Waals surface area contributed by atoms with E-state index in [4.69, 9.17) is 10.5 Å². The molecule has 2 unspecified atom stereocenters. The number of hydrogen-bond donors (Lipinski definition) is 1. The van der Waals surface area contributed by atoms with Crippen molar-refractivity contribution in [1.82, 2.24) is 14.8 Å². The molecule has 2 atom stereocenters. The van der Waals surface area contributed by atoms with Crippen molar-refractivity contribution < 1.29 is 4.74 Å². The number of ether oxygens (including phenoxy) is 1. The monoisotopic (exact) mass is 228 g/mol. The van der Waals surface area contributed by atoms with Crippen molar-refractivity contribution in [3.63, 3.8) is 0 Å². The Bertz CT molecular complexity index is 311. The lowest BCUT2D eigenvalue weighted by atomic mass is 10.1. The first-order valence-electron chi connectivity index (χ1n) is 5.05.